The molecule has 2 aromatic rings. The van der Waals surface area contributed by atoms with Crippen molar-refractivity contribution in [3.8, 4) is 0 Å². The Morgan fingerprint density at radius 2 is 1.93 bits per heavy atom. The van der Waals surface area contributed by atoms with Crippen LogP contribution >= 0.6 is 11.3 Å². The summed E-state index contributed by atoms with van der Waals surface area (Å²) in [5.41, 5.74) is 1.11. The topological polar surface area (TPSA) is 48.9 Å². The van der Waals surface area contributed by atoms with Crippen molar-refractivity contribution in [3.05, 3.63) is 58.0 Å². The molecule has 0 saturated carbocycles. The number of hydrogen-bond acceptors (Lipinski definition) is 4. The monoisotopic (exact) mass is 418 g/mol. The molecule has 0 spiro atoms. The Kier molecular flexibility index (Phi) is 7.64. The van der Waals surface area contributed by atoms with Crippen LogP contribution in [0.5, 0.6) is 0 Å². The first-order valence-corrected chi connectivity index (χ1v) is 10.9. The average Bonchev–Trinajstić information content (AvgIpc) is 3.28. The van der Waals surface area contributed by atoms with Gasteiger partial charge in [-0.1, -0.05) is 32.0 Å². The molecule has 1 unspecified atom stereocenters. The highest BCUT2D eigenvalue weighted by atomic mass is 32.1. The first-order chi connectivity index (χ1) is 14.0. The fourth-order valence-corrected chi connectivity index (χ4v) is 4.35. The Morgan fingerprint density at radius 3 is 2.55 bits per heavy atom. The summed E-state index contributed by atoms with van der Waals surface area (Å²) < 4.78 is 18.9. The molecule has 2 heterocycles. The Balaban J connectivity index is 1.63. The van der Waals surface area contributed by atoms with Gasteiger partial charge < -0.3 is 15.4 Å². The van der Waals surface area contributed by atoms with Crippen LogP contribution in [0.3, 0.4) is 0 Å². The molecule has 1 aliphatic rings. The number of rotatable bonds is 7. The first kappa shape index (κ1) is 21.7. The maximum atomic E-state index is 13.4. The summed E-state index contributed by atoms with van der Waals surface area (Å²) in [7, 11) is 1.79. The van der Waals surface area contributed by atoms with Gasteiger partial charge in [-0.15, -0.1) is 11.3 Å². The van der Waals surface area contributed by atoms with Crippen molar-refractivity contribution in [1.29, 1.82) is 0 Å². The summed E-state index contributed by atoms with van der Waals surface area (Å²) in [5, 5.41) is 9.03. The molecule has 1 atom stereocenters. The quantitative estimate of drug-likeness (QED) is 0.535. The Bertz CT molecular complexity index is 771. The molecular weight excluding hydrogens is 387 g/mol. The van der Waals surface area contributed by atoms with E-state index in [1.165, 1.54) is 17.0 Å². The van der Waals surface area contributed by atoms with Crippen LogP contribution in [-0.2, 0) is 10.2 Å². The van der Waals surface area contributed by atoms with Gasteiger partial charge in [-0.25, -0.2) is 4.39 Å². The second-order valence-corrected chi connectivity index (χ2v) is 8.83. The average molecular weight is 419 g/mol. The van der Waals surface area contributed by atoms with Gasteiger partial charge in [0.2, 0.25) is 0 Å². The summed E-state index contributed by atoms with van der Waals surface area (Å²) in [6.07, 6.45) is 0. The van der Waals surface area contributed by atoms with E-state index in [9.17, 15) is 4.39 Å². The highest BCUT2D eigenvalue weighted by Gasteiger charge is 2.24. The molecule has 2 N–H and O–H groups in total. The first-order valence-electron chi connectivity index (χ1n) is 10.1. The van der Waals surface area contributed by atoms with Gasteiger partial charge in [0.05, 0.1) is 19.3 Å². The van der Waals surface area contributed by atoms with Crippen LogP contribution in [0, 0.1) is 5.82 Å². The number of ether oxygens (including phenoxy) is 1. The molecule has 0 amide bonds. The van der Waals surface area contributed by atoms with Crippen molar-refractivity contribution in [1.82, 2.24) is 15.5 Å². The van der Waals surface area contributed by atoms with E-state index >= 15 is 0 Å². The molecule has 1 aromatic carbocycles. The molecule has 7 heteroatoms. The fourth-order valence-electron chi connectivity index (χ4n) is 3.50. The molecule has 1 saturated heterocycles. The molecule has 5 nitrogen and oxygen atoms in total. The van der Waals surface area contributed by atoms with Gasteiger partial charge >= 0.3 is 0 Å². The van der Waals surface area contributed by atoms with Crippen molar-refractivity contribution in [2.45, 2.75) is 25.3 Å². The third kappa shape index (κ3) is 6.01. The number of guanidine groups is 1. The van der Waals surface area contributed by atoms with Crippen LogP contribution in [-0.4, -0.2) is 57.3 Å². The predicted molar refractivity (Wildman–Crippen MR) is 118 cm³/mol. The van der Waals surface area contributed by atoms with Crippen LogP contribution in [0.15, 0.2) is 46.8 Å². The molecule has 29 heavy (non-hydrogen) atoms. The molecule has 0 bridgehead atoms. The normalized spacial score (nSPS) is 17.2. The van der Waals surface area contributed by atoms with Crippen LogP contribution in [0.1, 0.15) is 30.3 Å². The zero-order valence-corrected chi connectivity index (χ0v) is 18.3. The molecular formula is C22H31FN4OS. The zero-order valence-electron chi connectivity index (χ0n) is 17.5. The molecule has 3 rings (SSSR count). The molecule has 1 aliphatic heterocycles. The van der Waals surface area contributed by atoms with Gasteiger partial charge in [0, 0.05) is 43.5 Å². The van der Waals surface area contributed by atoms with E-state index in [2.05, 4.69) is 51.9 Å². The molecule has 1 aromatic heterocycles. The van der Waals surface area contributed by atoms with Crippen LogP contribution in [0.2, 0.25) is 0 Å². The lowest BCUT2D eigenvalue weighted by molar-refractivity contribution is 0.0170. The standard InChI is InChI=1S/C22H31FN4OS/c1-22(2,20-5-4-14-29-20)16-26-21(24-3)25-15-19(27-10-12-28-13-11-27)17-6-8-18(23)9-7-17/h4-9,14,19H,10-13,15-16H2,1-3H3,(H2,24,25,26). The van der Waals surface area contributed by atoms with Crippen molar-refractivity contribution in [2.75, 3.05) is 46.4 Å². The van der Waals surface area contributed by atoms with Crippen molar-refractivity contribution in [2.24, 2.45) is 4.99 Å². The minimum Gasteiger partial charge on any atom is -0.379 e. The minimum atomic E-state index is -0.212. The third-order valence-corrected chi connectivity index (χ3v) is 6.55. The third-order valence-electron chi connectivity index (χ3n) is 5.31. The molecule has 0 aliphatic carbocycles. The summed E-state index contributed by atoms with van der Waals surface area (Å²) >= 11 is 1.78. The molecule has 158 valence electrons. The smallest absolute Gasteiger partial charge is 0.191 e. The Hall–Kier alpha value is -1.96. The largest absolute Gasteiger partial charge is 0.379 e. The number of nitrogens with zero attached hydrogens (tertiary/aromatic N) is 2. The van der Waals surface area contributed by atoms with E-state index in [-0.39, 0.29) is 17.3 Å². The number of benzene rings is 1. The lowest BCUT2D eigenvalue weighted by atomic mass is 9.91. The number of aliphatic imine (C=N–C) groups is 1. The van der Waals surface area contributed by atoms with Crippen LogP contribution in [0.25, 0.3) is 0 Å². The van der Waals surface area contributed by atoms with Gasteiger partial charge in [-0.3, -0.25) is 9.89 Å². The van der Waals surface area contributed by atoms with Crippen LogP contribution in [0.4, 0.5) is 4.39 Å². The number of hydrogen-bond donors (Lipinski definition) is 2. The maximum absolute atomic E-state index is 13.4. The van der Waals surface area contributed by atoms with E-state index in [0.29, 0.717) is 6.54 Å². The summed E-state index contributed by atoms with van der Waals surface area (Å²) in [6.45, 7) is 9.10. The number of nitrogens with one attached hydrogen (secondary N) is 2. The summed E-state index contributed by atoms with van der Waals surface area (Å²) in [4.78, 5) is 8.12. The molecule has 0 radical (unpaired) electrons. The number of thiophene rings is 1. The Labute approximate surface area is 177 Å². The second-order valence-electron chi connectivity index (χ2n) is 7.88. The highest BCUT2D eigenvalue weighted by Crippen LogP contribution is 2.26. The SMILES string of the molecule is CN=C(NCC(c1ccc(F)cc1)N1CCOCC1)NCC(C)(C)c1cccs1. The van der Waals surface area contributed by atoms with E-state index < -0.39 is 0 Å². The van der Waals surface area contributed by atoms with E-state index in [1.807, 2.05) is 12.1 Å². The van der Waals surface area contributed by atoms with Gasteiger partial charge in [0.1, 0.15) is 5.82 Å². The van der Waals surface area contributed by atoms with Gasteiger partial charge in [0.15, 0.2) is 5.96 Å². The van der Waals surface area contributed by atoms with Crippen LogP contribution < -0.4 is 10.6 Å². The van der Waals surface area contributed by atoms with E-state index in [1.54, 1.807) is 18.4 Å². The van der Waals surface area contributed by atoms with Gasteiger partial charge in [-0.05, 0) is 29.1 Å². The number of halogens is 1. The second kappa shape index (κ2) is 10.2. The lowest BCUT2D eigenvalue weighted by Crippen LogP contribution is -2.48. The van der Waals surface area contributed by atoms with Gasteiger partial charge in [0.25, 0.3) is 0 Å². The minimum absolute atomic E-state index is 0.0202. The zero-order chi connectivity index (χ0) is 20.7. The summed E-state index contributed by atoms with van der Waals surface area (Å²) in [5.74, 6) is 0.561. The maximum Gasteiger partial charge on any atom is 0.191 e. The Morgan fingerprint density at radius 1 is 1.21 bits per heavy atom. The highest BCUT2D eigenvalue weighted by molar-refractivity contribution is 7.10. The molecule has 1 fully saturated rings. The van der Waals surface area contributed by atoms with Crippen molar-refractivity contribution < 1.29 is 9.13 Å². The lowest BCUT2D eigenvalue weighted by Gasteiger charge is -2.35. The predicted octanol–water partition coefficient (Wildman–Crippen LogP) is 3.40. The van der Waals surface area contributed by atoms with Crippen molar-refractivity contribution >= 4 is 17.3 Å². The summed E-state index contributed by atoms with van der Waals surface area (Å²) in [6, 6.07) is 11.2. The van der Waals surface area contributed by atoms with E-state index in [4.69, 9.17) is 4.74 Å². The van der Waals surface area contributed by atoms with E-state index in [0.717, 1.165) is 44.4 Å². The fraction of sp³-hybridized carbons (Fsp3) is 0.500. The van der Waals surface area contributed by atoms with Crippen molar-refractivity contribution in [3.63, 3.8) is 0 Å². The van der Waals surface area contributed by atoms with Gasteiger partial charge in [-0.2, -0.15) is 0 Å². The number of morpholine rings is 1.